The number of alkyl halides is 3. The van der Waals surface area contributed by atoms with Gasteiger partial charge in [-0.05, 0) is 47.7 Å². The Balaban J connectivity index is 2.14. The van der Waals surface area contributed by atoms with E-state index in [1.165, 1.54) is 29.2 Å². The summed E-state index contributed by atoms with van der Waals surface area (Å²) < 4.78 is 37.1. The molecule has 1 aromatic heterocycles. The minimum Gasteiger partial charge on any atom is -0.333 e. The van der Waals surface area contributed by atoms with Crippen LogP contribution >= 0.6 is 11.8 Å². The molecule has 0 fully saturated rings. The maximum Gasteiger partial charge on any atom is 0.446 e. The van der Waals surface area contributed by atoms with Crippen molar-refractivity contribution in [3.63, 3.8) is 0 Å². The first-order chi connectivity index (χ1) is 11.9. The summed E-state index contributed by atoms with van der Waals surface area (Å²) in [4.78, 5) is 18.1. The molecular formula is C17H14F3N3OS. The summed E-state index contributed by atoms with van der Waals surface area (Å²) in [5.41, 5.74) is -3.30. The van der Waals surface area contributed by atoms with Crippen molar-refractivity contribution in [2.24, 2.45) is 0 Å². The van der Waals surface area contributed by atoms with Gasteiger partial charge in [0.2, 0.25) is 0 Å². The molecule has 0 aliphatic rings. The Morgan fingerprint density at radius 2 is 1.96 bits per heavy atom. The minimum atomic E-state index is -4.37. The smallest absolute Gasteiger partial charge is 0.333 e. The molecule has 0 unspecified atom stereocenters. The number of thioether (sulfide) groups is 1. The van der Waals surface area contributed by atoms with Crippen molar-refractivity contribution in [1.82, 2.24) is 9.88 Å². The lowest BCUT2D eigenvalue weighted by molar-refractivity contribution is -0.0328. The van der Waals surface area contributed by atoms with E-state index in [0.29, 0.717) is 0 Å². The Morgan fingerprint density at radius 1 is 1.24 bits per heavy atom. The highest BCUT2D eigenvalue weighted by Gasteiger charge is 2.29. The first kappa shape index (κ1) is 18.8. The van der Waals surface area contributed by atoms with E-state index < -0.39 is 5.51 Å². The number of rotatable bonds is 6. The highest BCUT2D eigenvalue weighted by molar-refractivity contribution is 8.00. The van der Waals surface area contributed by atoms with E-state index in [1.807, 2.05) is 12.1 Å². The van der Waals surface area contributed by atoms with Crippen LogP contribution in [-0.2, 0) is 6.54 Å². The highest BCUT2D eigenvalue weighted by Crippen LogP contribution is 2.36. The Hall–Kier alpha value is -2.53. The van der Waals surface area contributed by atoms with Crippen LogP contribution in [0.5, 0.6) is 0 Å². The molecule has 2 aromatic rings. The summed E-state index contributed by atoms with van der Waals surface area (Å²) in [6.45, 7) is 0.497. The summed E-state index contributed by atoms with van der Waals surface area (Å²) in [6, 6.07) is 10.8. The fourth-order valence-corrected chi connectivity index (χ4v) is 2.67. The van der Waals surface area contributed by atoms with Gasteiger partial charge in [0, 0.05) is 35.9 Å². The van der Waals surface area contributed by atoms with Crippen LogP contribution in [0.3, 0.4) is 0 Å². The standard InChI is InChI=1S/C17H14F3N3OS/c18-17(19,20)25-15-6-4-14(5-7-15)16(24)23(10-2-8-21)12-13-3-1-9-22-11-13/h1,3-7,9,11H,2,10,12H2. The molecule has 0 aliphatic carbocycles. The van der Waals surface area contributed by atoms with Gasteiger partial charge in [0.25, 0.3) is 5.91 Å². The molecule has 0 bridgehead atoms. The zero-order valence-corrected chi connectivity index (χ0v) is 13.8. The van der Waals surface area contributed by atoms with Gasteiger partial charge in [0.15, 0.2) is 0 Å². The number of nitriles is 1. The monoisotopic (exact) mass is 365 g/mol. The summed E-state index contributed by atoms with van der Waals surface area (Å²) in [5.74, 6) is -0.345. The third-order valence-electron chi connectivity index (χ3n) is 3.21. The topological polar surface area (TPSA) is 57.0 Å². The van der Waals surface area contributed by atoms with Crippen LogP contribution in [0.2, 0.25) is 0 Å². The number of amides is 1. The normalized spacial score (nSPS) is 11.0. The second-order valence-electron chi connectivity index (χ2n) is 5.07. The molecule has 0 aliphatic heterocycles. The van der Waals surface area contributed by atoms with Crippen LogP contribution in [0.25, 0.3) is 0 Å². The van der Waals surface area contributed by atoms with Crippen molar-refractivity contribution in [3.05, 3.63) is 59.9 Å². The van der Waals surface area contributed by atoms with Crippen molar-refractivity contribution in [2.75, 3.05) is 6.54 Å². The number of carbonyl (C=O) groups is 1. The molecular weight excluding hydrogens is 351 g/mol. The second-order valence-corrected chi connectivity index (χ2v) is 6.21. The van der Waals surface area contributed by atoms with Gasteiger partial charge < -0.3 is 4.90 Å². The first-order valence-electron chi connectivity index (χ1n) is 7.30. The third kappa shape index (κ3) is 6.12. The van der Waals surface area contributed by atoms with Crippen molar-refractivity contribution in [3.8, 4) is 6.07 Å². The fraction of sp³-hybridized carbons (Fsp3) is 0.235. The number of pyridine rings is 1. The van der Waals surface area contributed by atoms with Gasteiger partial charge in [-0.3, -0.25) is 9.78 Å². The maximum absolute atomic E-state index is 12.6. The quantitative estimate of drug-likeness (QED) is 0.718. The fourth-order valence-electron chi connectivity index (χ4n) is 2.13. The van der Waals surface area contributed by atoms with Gasteiger partial charge in [-0.1, -0.05) is 6.07 Å². The van der Waals surface area contributed by atoms with Gasteiger partial charge in [0.05, 0.1) is 12.5 Å². The molecule has 0 saturated heterocycles. The molecule has 0 radical (unpaired) electrons. The van der Waals surface area contributed by atoms with Crippen LogP contribution in [0.4, 0.5) is 13.2 Å². The number of hydrogen-bond donors (Lipinski definition) is 0. The predicted octanol–water partition coefficient (Wildman–Crippen LogP) is 4.25. The molecule has 1 amide bonds. The molecule has 0 N–H and O–H groups in total. The van der Waals surface area contributed by atoms with E-state index in [1.54, 1.807) is 18.5 Å². The highest BCUT2D eigenvalue weighted by atomic mass is 32.2. The largest absolute Gasteiger partial charge is 0.446 e. The van der Waals surface area contributed by atoms with Crippen LogP contribution in [0.15, 0.2) is 53.7 Å². The van der Waals surface area contributed by atoms with Gasteiger partial charge in [-0.25, -0.2) is 0 Å². The van der Waals surface area contributed by atoms with E-state index in [4.69, 9.17) is 5.26 Å². The number of hydrogen-bond acceptors (Lipinski definition) is 4. The van der Waals surface area contributed by atoms with Gasteiger partial charge >= 0.3 is 5.51 Å². The molecule has 0 saturated carbocycles. The zero-order chi connectivity index (χ0) is 18.3. The lowest BCUT2D eigenvalue weighted by Gasteiger charge is -2.22. The van der Waals surface area contributed by atoms with Crippen molar-refractivity contribution in [1.29, 1.82) is 5.26 Å². The summed E-state index contributed by atoms with van der Waals surface area (Å²) in [7, 11) is 0. The Labute approximate surface area is 147 Å². The van der Waals surface area contributed by atoms with Crippen molar-refractivity contribution in [2.45, 2.75) is 23.4 Å². The number of carbonyl (C=O) groups excluding carboxylic acids is 1. The van der Waals surface area contributed by atoms with Crippen LogP contribution in [0.1, 0.15) is 22.3 Å². The molecule has 1 aromatic carbocycles. The molecule has 130 valence electrons. The maximum atomic E-state index is 12.6. The van der Waals surface area contributed by atoms with Gasteiger partial charge in [0.1, 0.15) is 0 Å². The van der Waals surface area contributed by atoms with Crippen molar-refractivity contribution >= 4 is 17.7 Å². The summed E-state index contributed by atoms with van der Waals surface area (Å²) in [5, 5.41) is 8.77. The summed E-state index contributed by atoms with van der Waals surface area (Å²) in [6.07, 6.45) is 3.39. The van der Waals surface area contributed by atoms with Crippen LogP contribution < -0.4 is 0 Å². The van der Waals surface area contributed by atoms with E-state index in [2.05, 4.69) is 4.98 Å². The van der Waals surface area contributed by atoms with Crippen LogP contribution in [0, 0.1) is 11.3 Å². The number of halogens is 3. The molecule has 4 nitrogen and oxygen atoms in total. The molecule has 8 heteroatoms. The lowest BCUT2D eigenvalue weighted by Crippen LogP contribution is -2.31. The molecule has 0 spiro atoms. The average Bonchev–Trinajstić information content (AvgIpc) is 2.58. The first-order valence-corrected chi connectivity index (χ1v) is 8.11. The number of aromatic nitrogens is 1. The second kappa shape index (κ2) is 8.53. The van der Waals surface area contributed by atoms with E-state index >= 15 is 0 Å². The SMILES string of the molecule is N#CCCN(Cc1cccnc1)C(=O)c1ccc(SC(F)(F)F)cc1. The minimum absolute atomic E-state index is 0.0138. The van der Waals surface area contributed by atoms with E-state index in [0.717, 1.165) is 5.56 Å². The molecule has 25 heavy (non-hydrogen) atoms. The molecule has 0 atom stereocenters. The van der Waals surface area contributed by atoms with Gasteiger partial charge in [-0.15, -0.1) is 0 Å². The predicted molar refractivity (Wildman–Crippen MR) is 87.6 cm³/mol. The number of nitrogens with zero attached hydrogens (tertiary/aromatic N) is 3. The Bertz CT molecular complexity index is 742. The van der Waals surface area contributed by atoms with E-state index in [-0.39, 0.29) is 47.6 Å². The van der Waals surface area contributed by atoms with E-state index in [9.17, 15) is 18.0 Å². The van der Waals surface area contributed by atoms with Crippen molar-refractivity contribution < 1.29 is 18.0 Å². The molecule has 2 rings (SSSR count). The number of benzene rings is 1. The lowest BCUT2D eigenvalue weighted by atomic mass is 10.1. The Morgan fingerprint density at radius 3 is 2.52 bits per heavy atom. The zero-order valence-electron chi connectivity index (χ0n) is 13.0. The molecule has 1 heterocycles. The third-order valence-corrected chi connectivity index (χ3v) is 3.95. The average molecular weight is 365 g/mol. The van der Waals surface area contributed by atoms with Crippen LogP contribution in [-0.4, -0.2) is 27.8 Å². The van der Waals surface area contributed by atoms with Gasteiger partial charge in [-0.2, -0.15) is 18.4 Å². The summed E-state index contributed by atoms with van der Waals surface area (Å²) >= 11 is -0.230. The Kier molecular flexibility index (Phi) is 6.42.